The van der Waals surface area contributed by atoms with Crippen LogP contribution in [0.3, 0.4) is 0 Å². The van der Waals surface area contributed by atoms with E-state index in [4.69, 9.17) is 28.4 Å². The number of carbonyl (C=O) groups excluding carboxylic acids is 1. The van der Waals surface area contributed by atoms with Crippen LogP contribution < -0.4 is 0 Å². The molecule has 0 aliphatic carbocycles. The molecule has 57 heavy (non-hydrogen) atoms. The summed E-state index contributed by atoms with van der Waals surface area (Å²) in [6.45, 7) is 3.55. The predicted octanol–water partition coefficient (Wildman–Crippen LogP) is 4.51. The molecular formula is C43H78O14. The van der Waals surface area contributed by atoms with Gasteiger partial charge in [0.05, 0.1) is 26.4 Å². The number of unbranched alkanes of at least 4 members (excludes halogenated alkanes) is 15. The minimum Gasteiger partial charge on any atom is -0.457 e. The summed E-state index contributed by atoms with van der Waals surface area (Å²) in [5.74, 6) is -0.392. The lowest BCUT2D eigenvalue weighted by atomic mass is 9.98. The van der Waals surface area contributed by atoms with E-state index in [1.807, 2.05) is 0 Å². The first-order valence-corrected chi connectivity index (χ1v) is 21.9. The van der Waals surface area contributed by atoms with E-state index in [-0.39, 0.29) is 19.6 Å². The van der Waals surface area contributed by atoms with Gasteiger partial charge in [0.25, 0.3) is 0 Å². The van der Waals surface area contributed by atoms with Crippen molar-refractivity contribution in [1.29, 1.82) is 0 Å². The Kier molecular flexibility index (Phi) is 29.2. The van der Waals surface area contributed by atoms with Gasteiger partial charge in [0.15, 0.2) is 12.6 Å². The number of allylic oxidation sites excluding steroid dienone is 4. The van der Waals surface area contributed by atoms with E-state index < -0.39 is 86.7 Å². The molecule has 2 fully saturated rings. The van der Waals surface area contributed by atoms with Gasteiger partial charge in [-0.15, -0.1) is 0 Å². The molecule has 11 unspecified atom stereocenters. The maximum absolute atomic E-state index is 12.9. The molecule has 2 saturated heterocycles. The third-order valence-corrected chi connectivity index (χ3v) is 10.4. The van der Waals surface area contributed by atoms with Gasteiger partial charge in [-0.05, 0) is 57.8 Å². The summed E-state index contributed by atoms with van der Waals surface area (Å²) in [5.41, 5.74) is 0. The standard InChI is InChI=1S/C43H78O14/c1-3-5-7-9-11-13-15-16-17-19-21-23-25-27-52-29-32(55-35(45)26-24-22-20-18-14-12-10-8-6-4-2)30-53-42-41(51)39(49)37(47)34(57-42)31-54-43-40(50)38(48)36(46)33(28-44)56-43/h8,10-11,13,32-34,36-44,46-51H,3-7,9,12,14-31H2,1-2H3/b10-8-,13-11-. The van der Waals surface area contributed by atoms with Gasteiger partial charge < -0.3 is 64.2 Å². The second kappa shape index (κ2) is 32.3. The Morgan fingerprint density at radius 1 is 0.561 bits per heavy atom. The fraction of sp³-hybridized carbons (Fsp3) is 0.884. The summed E-state index contributed by atoms with van der Waals surface area (Å²) in [6, 6.07) is 0. The quantitative estimate of drug-likeness (QED) is 0.0276. The molecule has 0 bridgehead atoms. The van der Waals surface area contributed by atoms with Crippen molar-refractivity contribution in [3.05, 3.63) is 24.3 Å². The highest BCUT2D eigenvalue weighted by Crippen LogP contribution is 2.26. The van der Waals surface area contributed by atoms with Gasteiger partial charge in [0.1, 0.15) is 54.9 Å². The molecule has 0 aromatic heterocycles. The highest BCUT2D eigenvalue weighted by Gasteiger charge is 2.47. The lowest BCUT2D eigenvalue weighted by Gasteiger charge is -2.42. The Morgan fingerprint density at radius 3 is 1.67 bits per heavy atom. The van der Waals surface area contributed by atoms with Gasteiger partial charge in [-0.3, -0.25) is 4.79 Å². The molecule has 14 nitrogen and oxygen atoms in total. The van der Waals surface area contributed by atoms with E-state index in [9.17, 15) is 40.5 Å². The average molecular weight is 819 g/mol. The Hall–Kier alpha value is -1.53. The molecule has 2 rings (SSSR count). The fourth-order valence-electron chi connectivity index (χ4n) is 6.75. The van der Waals surface area contributed by atoms with Crippen molar-refractivity contribution in [2.75, 3.05) is 33.0 Å². The lowest BCUT2D eigenvalue weighted by molar-refractivity contribution is -0.332. The number of rotatable bonds is 33. The Morgan fingerprint density at radius 2 is 1.07 bits per heavy atom. The Bertz CT molecular complexity index is 1040. The lowest BCUT2D eigenvalue weighted by Crippen LogP contribution is -2.61. The normalized spacial score (nSPS) is 28.7. The van der Waals surface area contributed by atoms with Gasteiger partial charge in [-0.25, -0.2) is 0 Å². The number of carbonyl (C=O) groups is 1. The van der Waals surface area contributed by atoms with Gasteiger partial charge in [-0.1, -0.05) is 102 Å². The molecule has 0 saturated carbocycles. The first kappa shape index (κ1) is 51.6. The molecule has 0 aromatic carbocycles. The van der Waals surface area contributed by atoms with Crippen molar-refractivity contribution in [3.8, 4) is 0 Å². The zero-order valence-corrected chi connectivity index (χ0v) is 34.8. The predicted molar refractivity (Wildman–Crippen MR) is 215 cm³/mol. The summed E-state index contributed by atoms with van der Waals surface area (Å²) >= 11 is 0. The number of hydrogen-bond donors (Lipinski definition) is 7. The molecule has 2 aliphatic rings. The molecule has 0 spiro atoms. The van der Waals surface area contributed by atoms with Crippen molar-refractivity contribution < 1.29 is 69.0 Å². The van der Waals surface area contributed by atoms with Crippen LogP contribution in [0, 0.1) is 0 Å². The Balaban J connectivity index is 1.83. The van der Waals surface area contributed by atoms with E-state index >= 15 is 0 Å². The first-order valence-electron chi connectivity index (χ1n) is 21.9. The molecule has 0 aromatic rings. The molecule has 7 N–H and O–H groups in total. The van der Waals surface area contributed by atoms with Gasteiger partial charge in [-0.2, -0.15) is 0 Å². The van der Waals surface area contributed by atoms with E-state index in [1.165, 1.54) is 44.9 Å². The van der Waals surface area contributed by atoms with Crippen LogP contribution in [0.2, 0.25) is 0 Å². The second-order valence-electron chi connectivity index (χ2n) is 15.5. The van der Waals surface area contributed by atoms with Crippen molar-refractivity contribution in [2.24, 2.45) is 0 Å². The minimum absolute atomic E-state index is 0.0551. The molecule has 2 aliphatic heterocycles. The summed E-state index contributed by atoms with van der Waals surface area (Å²) in [4.78, 5) is 12.9. The van der Waals surface area contributed by atoms with Gasteiger partial charge >= 0.3 is 5.97 Å². The molecule has 14 heteroatoms. The van der Waals surface area contributed by atoms with Gasteiger partial charge in [0.2, 0.25) is 0 Å². The number of aliphatic hydroxyl groups is 7. The summed E-state index contributed by atoms with van der Waals surface area (Å²) in [5, 5.41) is 71.8. The van der Waals surface area contributed by atoms with Crippen LogP contribution in [0.5, 0.6) is 0 Å². The third kappa shape index (κ3) is 21.5. The average Bonchev–Trinajstić information content (AvgIpc) is 3.20. The zero-order valence-electron chi connectivity index (χ0n) is 34.8. The number of esters is 1. The van der Waals surface area contributed by atoms with E-state index in [2.05, 4.69) is 38.2 Å². The van der Waals surface area contributed by atoms with Crippen LogP contribution in [0.1, 0.15) is 142 Å². The van der Waals surface area contributed by atoms with E-state index in [0.29, 0.717) is 13.0 Å². The largest absolute Gasteiger partial charge is 0.457 e. The second-order valence-corrected chi connectivity index (χ2v) is 15.5. The number of ether oxygens (including phenoxy) is 6. The van der Waals surface area contributed by atoms with Crippen LogP contribution in [-0.2, 0) is 33.2 Å². The molecule has 11 atom stereocenters. The van der Waals surface area contributed by atoms with Crippen LogP contribution in [0.25, 0.3) is 0 Å². The number of hydrogen-bond acceptors (Lipinski definition) is 14. The van der Waals surface area contributed by atoms with Crippen LogP contribution in [0.4, 0.5) is 0 Å². The summed E-state index contributed by atoms with van der Waals surface area (Å²) < 4.78 is 34.0. The van der Waals surface area contributed by atoms with Crippen molar-refractivity contribution in [1.82, 2.24) is 0 Å². The minimum atomic E-state index is -1.70. The summed E-state index contributed by atoms with van der Waals surface area (Å²) in [7, 11) is 0. The van der Waals surface area contributed by atoms with Crippen LogP contribution in [0.15, 0.2) is 24.3 Å². The fourth-order valence-corrected chi connectivity index (χ4v) is 6.75. The first-order chi connectivity index (χ1) is 27.6. The topological polar surface area (TPSA) is 214 Å². The van der Waals surface area contributed by atoms with Crippen LogP contribution >= 0.6 is 0 Å². The maximum atomic E-state index is 12.9. The maximum Gasteiger partial charge on any atom is 0.306 e. The molecule has 0 amide bonds. The van der Waals surface area contributed by atoms with Crippen molar-refractivity contribution in [2.45, 2.75) is 210 Å². The zero-order chi connectivity index (χ0) is 41.7. The van der Waals surface area contributed by atoms with Crippen LogP contribution in [-0.4, -0.2) is 142 Å². The van der Waals surface area contributed by atoms with Gasteiger partial charge in [0, 0.05) is 13.0 Å². The third-order valence-electron chi connectivity index (χ3n) is 10.4. The van der Waals surface area contributed by atoms with E-state index in [1.54, 1.807) is 0 Å². The molecular weight excluding hydrogens is 740 g/mol. The highest BCUT2D eigenvalue weighted by molar-refractivity contribution is 5.69. The summed E-state index contributed by atoms with van der Waals surface area (Å²) in [6.07, 6.45) is 14.0. The Labute approximate surface area is 341 Å². The van der Waals surface area contributed by atoms with Crippen molar-refractivity contribution >= 4 is 5.97 Å². The monoisotopic (exact) mass is 819 g/mol. The SMILES string of the molecule is CCC/C=C\CCCCCCCC(=O)OC(COCCCCCCCC/C=C\CCCCC)COC1OC(COC2OC(CO)C(O)C(O)C2O)C(O)C(O)C1O. The number of aliphatic hydroxyl groups excluding tert-OH is 7. The van der Waals surface area contributed by atoms with E-state index in [0.717, 1.165) is 70.6 Å². The molecule has 0 radical (unpaired) electrons. The van der Waals surface area contributed by atoms with Crippen molar-refractivity contribution in [3.63, 3.8) is 0 Å². The highest BCUT2D eigenvalue weighted by atomic mass is 16.7. The smallest absolute Gasteiger partial charge is 0.306 e. The molecule has 334 valence electrons. The molecule has 2 heterocycles.